The summed E-state index contributed by atoms with van der Waals surface area (Å²) in [5, 5.41) is 0. The Kier molecular flexibility index (Phi) is 3.20. The molecule has 1 amide bonds. The smallest absolute Gasteiger partial charge is 0.364 e. The number of rotatable bonds is 2. The number of benzene rings is 1. The summed E-state index contributed by atoms with van der Waals surface area (Å²) < 4.78 is 38.5. The van der Waals surface area contributed by atoms with Gasteiger partial charge in [0.15, 0.2) is 5.82 Å². The van der Waals surface area contributed by atoms with Crippen LogP contribution in [0.5, 0.6) is 0 Å². The molecule has 1 aromatic heterocycles. The van der Waals surface area contributed by atoms with Crippen molar-refractivity contribution in [1.82, 2.24) is 9.97 Å². The zero-order valence-electron chi connectivity index (χ0n) is 9.48. The minimum absolute atomic E-state index is 0.137. The van der Waals surface area contributed by atoms with Crippen LogP contribution in [0.15, 0.2) is 36.5 Å². The molecule has 0 aliphatic rings. The zero-order chi connectivity index (χ0) is 14.0. The van der Waals surface area contributed by atoms with Crippen molar-refractivity contribution in [3.8, 4) is 11.4 Å². The van der Waals surface area contributed by atoms with Crippen molar-refractivity contribution in [1.29, 1.82) is 0 Å². The van der Waals surface area contributed by atoms with Gasteiger partial charge in [0.1, 0.15) is 5.69 Å². The van der Waals surface area contributed by atoms with E-state index in [0.29, 0.717) is 0 Å². The fraction of sp³-hybridized carbons (Fsp3) is 0.0833. The second-order valence-corrected chi connectivity index (χ2v) is 3.67. The first-order valence-electron chi connectivity index (χ1n) is 5.19. The lowest BCUT2D eigenvalue weighted by atomic mass is 10.1. The minimum atomic E-state index is -4.53. The van der Waals surface area contributed by atoms with Gasteiger partial charge in [0.25, 0.3) is 5.91 Å². The number of nitrogens with zero attached hydrogens (tertiary/aromatic N) is 2. The van der Waals surface area contributed by atoms with E-state index in [9.17, 15) is 18.0 Å². The standard InChI is InChI=1S/C12H8F3N3O/c13-12(14,15)8-4-2-1-3-7(8)11-17-6-5-9(18-11)10(16)19/h1-6H,(H2,16,19). The Morgan fingerprint density at radius 2 is 1.84 bits per heavy atom. The predicted molar refractivity (Wildman–Crippen MR) is 61.0 cm³/mol. The van der Waals surface area contributed by atoms with Gasteiger partial charge in [0.2, 0.25) is 0 Å². The third-order valence-electron chi connectivity index (χ3n) is 2.38. The molecule has 0 atom stereocenters. The molecule has 1 aromatic carbocycles. The number of carbonyl (C=O) groups is 1. The summed E-state index contributed by atoms with van der Waals surface area (Å²) in [4.78, 5) is 18.5. The number of hydrogen-bond donors (Lipinski definition) is 1. The summed E-state index contributed by atoms with van der Waals surface area (Å²) in [6, 6.07) is 6.11. The second-order valence-electron chi connectivity index (χ2n) is 3.67. The van der Waals surface area contributed by atoms with Crippen LogP contribution in [0, 0.1) is 0 Å². The monoisotopic (exact) mass is 267 g/mol. The predicted octanol–water partition coefficient (Wildman–Crippen LogP) is 2.26. The van der Waals surface area contributed by atoms with E-state index in [4.69, 9.17) is 5.73 Å². The van der Waals surface area contributed by atoms with E-state index in [1.54, 1.807) is 0 Å². The highest BCUT2D eigenvalue weighted by molar-refractivity contribution is 5.91. The highest BCUT2D eigenvalue weighted by atomic mass is 19.4. The lowest BCUT2D eigenvalue weighted by Gasteiger charge is -2.11. The molecule has 98 valence electrons. The molecule has 0 fully saturated rings. The molecule has 19 heavy (non-hydrogen) atoms. The lowest BCUT2D eigenvalue weighted by molar-refractivity contribution is -0.137. The molecule has 7 heteroatoms. The summed E-state index contributed by atoms with van der Waals surface area (Å²) in [6.45, 7) is 0. The van der Waals surface area contributed by atoms with Gasteiger partial charge in [0.05, 0.1) is 5.56 Å². The van der Waals surface area contributed by atoms with Gasteiger partial charge >= 0.3 is 6.18 Å². The van der Waals surface area contributed by atoms with Gasteiger partial charge in [0, 0.05) is 11.8 Å². The molecular formula is C12H8F3N3O. The SMILES string of the molecule is NC(=O)c1ccnc(-c2ccccc2C(F)(F)F)n1. The number of amides is 1. The van der Waals surface area contributed by atoms with E-state index in [-0.39, 0.29) is 17.1 Å². The van der Waals surface area contributed by atoms with Gasteiger partial charge in [-0.3, -0.25) is 4.79 Å². The maximum Gasteiger partial charge on any atom is 0.417 e. The fourth-order valence-electron chi connectivity index (χ4n) is 1.55. The van der Waals surface area contributed by atoms with Gasteiger partial charge in [-0.05, 0) is 12.1 Å². The van der Waals surface area contributed by atoms with Crippen LogP contribution in [0.2, 0.25) is 0 Å². The molecule has 2 N–H and O–H groups in total. The summed E-state index contributed by atoms with van der Waals surface area (Å²) >= 11 is 0. The molecule has 0 aliphatic heterocycles. The number of carbonyl (C=O) groups excluding carboxylic acids is 1. The summed E-state index contributed by atoms with van der Waals surface area (Å²) in [7, 11) is 0. The van der Waals surface area contributed by atoms with Crippen molar-refractivity contribution in [2.75, 3.05) is 0 Å². The topological polar surface area (TPSA) is 68.9 Å². The van der Waals surface area contributed by atoms with Crippen molar-refractivity contribution in [3.63, 3.8) is 0 Å². The van der Waals surface area contributed by atoms with E-state index in [1.165, 1.54) is 30.5 Å². The van der Waals surface area contributed by atoms with Crippen molar-refractivity contribution in [3.05, 3.63) is 47.8 Å². The normalized spacial score (nSPS) is 11.3. The number of alkyl halides is 3. The van der Waals surface area contributed by atoms with Gasteiger partial charge in [-0.15, -0.1) is 0 Å². The van der Waals surface area contributed by atoms with Crippen LogP contribution in [-0.4, -0.2) is 15.9 Å². The second kappa shape index (κ2) is 4.68. The van der Waals surface area contributed by atoms with Crippen molar-refractivity contribution in [2.24, 2.45) is 5.73 Å². The molecule has 0 saturated heterocycles. The summed E-state index contributed by atoms with van der Waals surface area (Å²) in [5.41, 5.74) is 3.84. The number of hydrogen-bond acceptors (Lipinski definition) is 3. The molecule has 2 aromatic rings. The van der Waals surface area contributed by atoms with Gasteiger partial charge < -0.3 is 5.73 Å². The summed E-state index contributed by atoms with van der Waals surface area (Å²) in [6.07, 6.45) is -3.34. The maximum atomic E-state index is 12.8. The van der Waals surface area contributed by atoms with Crippen LogP contribution in [0.3, 0.4) is 0 Å². The fourth-order valence-corrected chi connectivity index (χ4v) is 1.55. The molecule has 2 rings (SSSR count). The zero-order valence-corrected chi connectivity index (χ0v) is 9.48. The lowest BCUT2D eigenvalue weighted by Crippen LogP contribution is -2.14. The Bertz CT molecular complexity index is 626. The van der Waals surface area contributed by atoms with Crippen molar-refractivity contribution >= 4 is 5.91 Å². The van der Waals surface area contributed by atoms with E-state index in [0.717, 1.165) is 6.07 Å². The van der Waals surface area contributed by atoms with Gasteiger partial charge in [-0.1, -0.05) is 18.2 Å². The maximum absolute atomic E-state index is 12.8. The number of primary amides is 1. The number of nitrogens with two attached hydrogens (primary N) is 1. The van der Waals surface area contributed by atoms with Crippen LogP contribution in [0.1, 0.15) is 16.1 Å². The molecule has 0 aliphatic carbocycles. The average molecular weight is 267 g/mol. The highest BCUT2D eigenvalue weighted by Crippen LogP contribution is 2.35. The van der Waals surface area contributed by atoms with Gasteiger partial charge in [-0.25, -0.2) is 9.97 Å². The molecular weight excluding hydrogens is 259 g/mol. The summed E-state index contributed by atoms with van der Waals surface area (Å²) in [5.74, 6) is -1.02. The number of halogens is 3. The van der Waals surface area contributed by atoms with Gasteiger partial charge in [-0.2, -0.15) is 13.2 Å². The first kappa shape index (κ1) is 13.0. The minimum Gasteiger partial charge on any atom is -0.364 e. The average Bonchev–Trinajstić information content (AvgIpc) is 2.38. The van der Waals surface area contributed by atoms with Crippen LogP contribution < -0.4 is 5.73 Å². The molecule has 0 unspecified atom stereocenters. The Labute approximate surface area is 106 Å². The molecule has 4 nitrogen and oxygen atoms in total. The quantitative estimate of drug-likeness (QED) is 0.907. The Morgan fingerprint density at radius 1 is 1.16 bits per heavy atom. The van der Waals surface area contributed by atoms with E-state index in [2.05, 4.69) is 9.97 Å². The van der Waals surface area contributed by atoms with Crippen LogP contribution >= 0.6 is 0 Å². The Balaban J connectivity index is 2.60. The Hall–Kier alpha value is -2.44. The highest BCUT2D eigenvalue weighted by Gasteiger charge is 2.34. The van der Waals surface area contributed by atoms with E-state index >= 15 is 0 Å². The van der Waals surface area contributed by atoms with Crippen LogP contribution in [0.25, 0.3) is 11.4 Å². The third-order valence-corrected chi connectivity index (χ3v) is 2.38. The molecule has 1 heterocycles. The van der Waals surface area contributed by atoms with E-state index in [1.807, 2.05) is 0 Å². The Morgan fingerprint density at radius 3 is 2.47 bits per heavy atom. The number of aromatic nitrogens is 2. The first-order chi connectivity index (χ1) is 8.89. The first-order valence-corrected chi connectivity index (χ1v) is 5.19. The third kappa shape index (κ3) is 2.70. The molecule has 0 spiro atoms. The largest absolute Gasteiger partial charge is 0.417 e. The van der Waals surface area contributed by atoms with Crippen molar-refractivity contribution < 1.29 is 18.0 Å². The van der Waals surface area contributed by atoms with E-state index < -0.39 is 17.6 Å². The molecule has 0 bridgehead atoms. The van der Waals surface area contributed by atoms with Crippen LogP contribution in [0.4, 0.5) is 13.2 Å². The van der Waals surface area contributed by atoms with Crippen molar-refractivity contribution in [2.45, 2.75) is 6.18 Å². The van der Waals surface area contributed by atoms with Crippen LogP contribution in [-0.2, 0) is 6.18 Å². The molecule has 0 saturated carbocycles. The molecule has 0 radical (unpaired) electrons.